The first-order valence-corrected chi connectivity index (χ1v) is 10.7. The molecular weight excluding hydrogens is 398 g/mol. The molecule has 0 radical (unpaired) electrons. The first-order chi connectivity index (χ1) is 13.9. The van der Waals surface area contributed by atoms with Crippen molar-refractivity contribution in [3.05, 3.63) is 46.9 Å². The summed E-state index contributed by atoms with van der Waals surface area (Å²) < 4.78 is 38.6. The summed E-state index contributed by atoms with van der Waals surface area (Å²) in [5, 5.41) is 2.72. The van der Waals surface area contributed by atoms with Crippen molar-refractivity contribution in [3.63, 3.8) is 0 Å². The van der Waals surface area contributed by atoms with Crippen LogP contribution in [0.3, 0.4) is 0 Å². The number of aromatic nitrogens is 1. The summed E-state index contributed by atoms with van der Waals surface area (Å²) in [4.78, 5) is 25.0. The van der Waals surface area contributed by atoms with Crippen molar-refractivity contribution >= 4 is 21.6 Å². The van der Waals surface area contributed by atoms with Gasteiger partial charge in [-0.1, -0.05) is 0 Å². The zero-order valence-corrected chi connectivity index (χ0v) is 16.6. The number of nitrogens with one attached hydrogen (secondary N) is 1. The number of sulfonamides is 1. The highest BCUT2D eigenvalue weighted by atomic mass is 32.2. The van der Waals surface area contributed by atoms with Crippen LogP contribution in [0.4, 0.5) is 5.69 Å². The fourth-order valence-electron chi connectivity index (χ4n) is 3.36. The Morgan fingerprint density at radius 1 is 1.10 bits per heavy atom. The van der Waals surface area contributed by atoms with Gasteiger partial charge >= 0.3 is 0 Å². The van der Waals surface area contributed by atoms with Crippen molar-refractivity contribution in [1.29, 1.82) is 0 Å². The lowest BCUT2D eigenvalue weighted by atomic mass is 10.2. The van der Waals surface area contributed by atoms with E-state index in [1.165, 1.54) is 29.6 Å². The number of ether oxygens (including phenoxy) is 2. The molecule has 154 valence electrons. The van der Waals surface area contributed by atoms with E-state index in [1.54, 1.807) is 18.2 Å². The maximum Gasteiger partial charge on any atom is 0.251 e. The number of carbonyl (C=O) groups is 1. The molecule has 0 spiro atoms. The summed E-state index contributed by atoms with van der Waals surface area (Å²) in [6, 6.07) is 6.51. The third-order valence-electron chi connectivity index (χ3n) is 5.05. The van der Waals surface area contributed by atoms with Gasteiger partial charge in [0.25, 0.3) is 5.56 Å². The molecule has 1 N–H and O–H groups in total. The van der Waals surface area contributed by atoms with Crippen LogP contribution in [0.2, 0.25) is 0 Å². The number of benzene rings is 1. The standard InChI is InChI=1S/C19H21N3O6S/c1-13(19(24)20-14-4-6-16-17(10-14)28-12-27-16)22-11-15(5-7-18(22)23)29(25,26)21-8-2-3-9-21/h4-7,10-11,13H,2-3,8-9,12H2,1H3,(H,20,24)/t13-/m0/s1. The van der Waals surface area contributed by atoms with Crippen LogP contribution < -0.4 is 20.3 Å². The number of hydrogen-bond acceptors (Lipinski definition) is 6. The lowest BCUT2D eigenvalue weighted by molar-refractivity contribution is -0.118. The summed E-state index contributed by atoms with van der Waals surface area (Å²) in [6.45, 7) is 2.58. The summed E-state index contributed by atoms with van der Waals surface area (Å²) in [7, 11) is -3.69. The zero-order valence-electron chi connectivity index (χ0n) is 15.8. The smallest absolute Gasteiger partial charge is 0.251 e. The second kappa shape index (κ2) is 7.53. The van der Waals surface area contributed by atoms with Crippen LogP contribution in [0.25, 0.3) is 0 Å². The molecule has 29 heavy (non-hydrogen) atoms. The molecular formula is C19H21N3O6S. The number of fused-ring (bicyclic) bond motifs is 1. The number of amides is 1. The number of carbonyl (C=O) groups excluding carboxylic acids is 1. The molecule has 1 saturated heterocycles. The Morgan fingerprint density at radius 2 is 1.83 bits per heavy atom. The van der Waals surface area contributed by atoms with Gasteiger partial charge in [-0.15, -0.1) is 0 Å². The van der Waals surface area contributed by atoms with Gasteiger partial charge in [-0.25, -0.2) is 8.42 Å². The fourth-order valence-corrected chi connectivity index (χ4v) is 4.89. The molecule has 0 aliphatic carbocycles. The second-order valence-corrected chi connectivity index (χ2v) is 8.89. The van der Waals surface area contributed by atoms with Crippen molar-refractivity contribution in [2.24, 2.45) is 0 Å². The van der Waals surface area contributed by atoms with Gasteiger partial charge in [-0.05, 0) is 38.0 Å². The van der Waals surface area contributed by atoms with Crippen molar-refractivity contribution in [3.8, 4) is 11.5 Å². The van der Waals surface area contributed by atoms with Crippen molar-refractivity contribution in [2.45, 2.75) is 30.7 Å². The highest BCUT2D eigenvalue weighted by Gasteiger charge is 2.28. The van der Waals surface area contributed by atoms with E-state index in [-0.39, 0.29) is 11.7 Å². The summed E-state index contributed by atoms with van der Waals surface area (Å²) in [6.07, 6.45) is 2.86. The first-order valence-electron chi connectivity index (χ1n) is 9.29. The predicted octanol–water partition coefficient (Wildman–Crippen LogP) is 1.56. The van der Waals surface area contributed by atoms with Gasteiger partial charge in [-0.3, -0.25) is 9.59 Å². The fraction of sp³-hybridized carbons (Fsp3) is 0.368. The van der Waals surface area contributed by atoms with Gasteiger partial charge in [0.2, 0.25) is 22.7 Å². The Balaban J connectivity index is 1.57. The summed E-state index contributed by atoms with van der Waals surface area (Å²) in [5.74, 6) is 0.653. The molecule has 1 aromatic heterocycles. The molecule has 9 nitrogen and oxygen atoms in total. The van der Waals surface area contributed by atoms with Gasteiger partial charge in [-0.2, -0.15) is 4.31 Å². The van der Waals surface area contributed by atoms with Crippen molar-refractivity contribution < 1.29 is 22.7 Å². The minimum atomic E-state index is -3.69. The van der Waals surface area contributed by atoms with E-state index in [9.17, 15) is 18.0 Å². The lowest BCUT2D eigenvalue weighted by Gasteiger charge is -2.19. The SMILES string of the molecule is C[C@@H](C(=O)Nc1ccc2c(c1)OCO2)n1cc(S(=O)(=O)N2CCCC2)ccc1=O. The van der Waals surface area contributed by atoms with Crippen LogP contribution >= 0.6 is 0 Å². The number of pyridine rings is 1. The maximum atomic E-state index is 12.8. The minimum absolute atomic E-state index is 0.00160. The predicted molar refractivity (Wildman–Crippen MR) is 105 cm³/mol. The van der Waals surface area contributed by atoms with E-state index in [0.717, 1.165) is 17.4 Å². The summed E-state index contributed by atoms with van der Waals surface area (Å²) in [5.41, 5.74) is 0.0266. The molecule has 10 heteroatoms. The van der Waals surface area contributed by atoms with Crippen LogP contribution in [0.5, 0.6) is 11.5 Å². The van der Waals surface area contributed by atoms with Gasteiger partial charge in [0.15, 0.2) is 11.5 Å². The Labute approximate surface area is 167 Å². The van der Waals surface area contributed by atoms with E-state index in [4.69, 9.17) is 9.47 Å². The highest BCUT2D eigenvalue weighted by Crippen LogP contribution is 2.34. The molecule has 2 aliphatic rings. The Hall–Kier alpha value is -2.85. The Morgan fingerprint density at radius 3 is 2.59 bits per heavy atom. The number of nitrogens with zero attached hydrogens (tertiary/aromatic N) is 2. The molecule has 1 fully saturated rings. The largest absolute Gasteiger partial charge is 0.454 e. The molecule has 2 aromatic rings. The molecule has 0 unspecified atom stereocenters. The minimum Gasteiger partial charge on any atom is -0.454 e. The third-order valence-corrected chi connectivity index (χ3v) is 6.93. The highest BCUT2D eigenvalue weighted by molar-refractivity contribution is 7.89. The van der Waals surface area contributed by atoms with Gasteiger partial charge in [0.1, 0.15) is 6.04 Å². The third kappa shape index (κ3) is 3.73. The van der Waals surface area contributed by atoms with Crippen LogP contribution in [0.1, 0.15) is 25.8 Å². The number of hydrogen-bond donors (Lipinski definition) is 1. The lowest BCUT2D eigenvalue weighted by Crippen LogP contribution is -2.33. The monoisotopic (exact) mass is 419 g/mol. The second-order valence-electron chi connectivity index (χ2n) is 6.95. The quantitative estimate of drug-likeness (QED) is 0.788. The van der Waals surface area contributed by atoms with Gasteiger partial charge in [0.05, 0.1) is 4.90 Å². The molecule has 1 amide bonds. The normalized spacial score (nSPS) is 17.3. The molecule has 4 rings (SSSR count). The average molecular weight is 419 g/mol. The number of anilines is 1. The van der Waals surface area contributed by atoms with E-state index >= 15 is 0 Å². The van der Waals surface area contributed by atoms with Crippen molar-refractivity contribution in [1.82, 2.24) is 8.87 Å². The first kappa shape index (κ1) is 19.5. The molecule has 2 aliphatic heterocycles. The van der Waals surface area contributed by atoms with Crippen LogP contribution in [-0.2, 0) is 14.8 Å². The van der Waals surface area contributed by atoms with Crippen molar-refractivity contribution in [2.75, 3.05) is 25.2 Å². The molecule has 0 saturated carbocycles. The molecule has 0 bridgehead atoms. The molecule has 1 aromatic carbocycles. The van der Waals surface area contributed by atoms with Crippen LogP contribution in [-0.4, -0.2) is 43.1 Å². The molecule has 1 atom stereocenters. The Kier molecular flexibility index (Phi) is 5.05. The van der Waals surface area contributed by atoms with Gasteiger partial charge < -0.3 is 19.4 Å². The van der Waals surface area contributed by atoms with Crippen LogP contribution in [0.15, 0.2) is 46.2 Å². The molecule has 3 heterocycles. The zero-order chi connectivity index (χ0) is 20.6. The van der Waals surface area contributed by atoms with E-state index in [1.807, 2.05) is 0 Å². The van der Waals surface area contributed by atoms with E-state index in [0.29, 0.717) is 30.3 Å². The van der Waals surface area contributed by atoms with Crippen LogP contribution in [0, 0.1) is 0 Å². The summed E-state index contributed by atoms with van der Waals surface area (Å²) >= 11 is 0. The average Bonchev–Trinajstić information content (AvgIpc) is 3.39. The Bertz CT molecular complexity index is 1110. The number of rotatable bonds is 5. The van der Waals surface area contributed by atoms with E-state index in [2.05, 4.69) is 5.32 Å². The maximum absolute atomic E-state index is 12.8. The van der Waals surface area contributed by atoms with Gasteiger partial charge in [0, 0.05) is 37.1 Å². The van der Waals surface area contributed by atoms with E-state index < -0.39 is 27.5 Å². The topological polar surface area (TPSA) is 107 Å².